The Morgan fingerprint density at radius 2 is 1.41 bits per heavy atom. The summed E-state index contributed by atoms with van der Waals surface area (Å²) in [4.78, 5) is 53.9. The van der Waals surface area contributed by atoms with Gasteiger partial charge in [0.05, 0.1) is 6.04 Å². The zero-order chi connectivity index (χ0) is 28.5. The molecule has 0 saturated heterocycles. The van der Waals surface area contributed by atoms with Crippen molar-refractivity contribution in [1.29, 1.82) is 0 Å². The summed E-state index contributed by atoms with van der Waals surface area (Å²) in [6.45, 7) is 0. The lowest BCUT2D eigenvalue weighted by atomic mass is 10.0. The predicted octanol–water partition coefficient (Wildman–Crippen LogP) is 0.385. The van der Waals surface area contributed by atoms with Crippen LogP contribution in [-0.4, -0.2) is 74.6 Å². The highest BCUT2D eigenvalue weighted by Gasteiger charge is 2.30. The molecule has 1 heterocycles. The Hall–Kier alpha value is -3.68. The summed E-state index contributed by atoms with van der Waals surface area (Å²) in [7, 11) is 0. The van der Waals surface area contributed by atoms with E-state index >= 15 is 0 Å². The second-order valence-electron chi connectivity index (χ2n) is 8.93. The lowest BCUT2D eigenvalue weighted by Crippen LogP contribution is -2.58. The zero-order valence-electron chi connectivity index (χ0n) is 20.8. The van der Waals surface area contributed by atoms with E-state index in [4.69, 9.17) is 5.73 Å². The van der Waals surface area contributed by atoms with Crippen molar-refractivity contribution in [2.45, 2.75) is 37.0 Å². The fraction of sp³-hybridized carbons (Fsp3) is 0.308. The molecule has 4 atom stereocenters. The molecule has 0 radical (unpaired) electrons. The number of phenolic OH excluding ortho intramolecular Hbond substituents is 1. The van der Waals surface area contributed by atoms with Gasteiger partial charge < -0.3 is 36.9 Å². The van der Waals surface area contributed by atoms with Gasteiger partial charge in [-0.05, 0) is 29.3 Å². The molecule has 3 amide bonds. The highest BCUT2D eigenvalue weighted by molar-refractivity contribution is 7.80. The number of carboxylic acid groups (broad SMARTS) is 1. The zero-order valence-corrected chi connectivity index (χ0v) is 22.6. The van der Waals surface area contributed by atoms with Crippen LogP contribution in [0.15, 0.2) is 54.7 Å². The Morgan fingerprint density at radius 1 is 0.821 bits per heavy atom. The molecule has 0 bridgehead atoms. The van der Waals surface area contributed by atoms with E-state index in [2.05, 4.69) is 46.2 Å². The number of H-pyrrole nitrogens is 1. The molecule has 0 saturated carbocycles. The summed E-state index contributed by atoms with van der Waals surface area (Å²) in [6.07, 6.45) is 1.81. The van der Waals surface area contributed by atoms with Crippen LogP contribution in [0.25, 0.3) is 10.9 Å². The van der Waals surface area contributed by atoms with Gasteiger partial charge in [-0.25, -0.2) is 4.79 Å². The summed E-state index contributed by atoms with van der Waals surface area (Å²) in [5, 5.41) is 27.5. The SMILES string of the molecule is N[C@@H](CS)C(=O)N[C@@H](Cc1c[nH]c2ccccc12)C(=O)N[C@@H](Cc1ccc(O)cc1)C(=O)N[C@@H](CS)C(=O)O. The van der Waals surface area contributed by atoms with Crippen molar-refractivity contribution in [3.05, 3.63) is 65.9 Å². The van der Waals surface area contributed by atoms with E-state index in [1.807, 2.05) is 24.3 Å². The number of carbonyl (C=O) groups is 4. The molecule has 3 aromatic rings. The predicted molar refractivity (Wildman–Crippen MR) is 153 cm³/mol. The number of rotatable bonds is 13. The van der Waals surface area contributed by atoms with Gasteiger partial charge in [0.2, 0.25) is 17.7 Å². The molecule has 11 nitrogen and oxygen atoms in total. The van der Waals surface area contributed by atoms with Gasteiger partial charge >= 0.3 is 5.97 Å². The van der Waals surface area contributed by atoms with Gasteiger partial charge in [-0.3, -0.25) is 14.4 Å². The van der Waals surface area contributed by atoms with E-state index in [1.54, 1.807) is 18.3 Å². The Labute approximate surface area is 235 Å². The lowest BCUT2D eigenvalue weighted by molar-refractivity contribution is -0.141. The number of aliphatic carboxylic acids is 1. The number of para-hydroxylation sites is 1. The highest BCUT2D eigenvalue weighted by atomic mass is 32.1. The number of fused-ring (bicyclic) bond motifs is 1. The number of carboxylic acids is 1. The summed E-state index contributed by atoms with van der Waals surface area (Å²) in [6, 6.07) is 8.91. The number of carbonyl (C=O) groups excluding carboxylic acids is 3. The molecule has 8 N–H and O–H groups in total. The minimum absolute atomic E-state index is 0.0132. The first-order valence-electron chi connectivity index (χ1n) is 12.1. The Kier molecular flexibility index (Phi) is 10.7. The van der Waals surface area contributed by atoms with Gasteiger partial charge in [-0.15, -0.1) is 0 Å². The molecule has 208 valence electrons. The number of aromatic amines is 1. The molecular weight excluding hydrogens is 542 g/mol. The number of thiol groups is 2. The van der Waals surface area contributed by atoms with Crippen LogP contribution in [-0.2, 0) is 32.0 Å². The average Bonchev–Trinajstić information content (AvgIpc) is 3.33. The number of phenols is 1. The van der Waals surface area contributed by atoms with Crippen LogP contribution in [0.1, 0.15) is 11.1 Å². The molecule has 3 rings (SSSR count). The number of hydrogen-bond donors (Lipinski definition) is 9. The second kappa shape index (κ2) is 13.9. The van der Waals surface area contributed by atoms with Crippen molar-refractivity contribution < 1.29 is 29.4 Å². The molecule has 0 aliphatic carbocycles. The number of aromatic hydroxyl groups is 1. The Balaban J connectivity index is 1.88. The van der Waals surface area contributed by atoms with Crippen molar-refractivity contribution in [2.24, 2.45) is 5.73 Å². The van der Waals surface area contributed by atoms with E-state index in [0.717, 1.165) is 16.5 Å². The first kappa shape index (κ1) is 29.9. The Bertz CT molecular complexity index is 1320. The van der Waals surface area contributed by atoms with Crippen LogP contribution in [0.4, 0.5) is 0 Å². The maximum absolute atomic E-state index is 13.6. The molecular formula is C26H31N5O6S2. The summed E-state index contributed by atoms with van der Waals surface area (Å²) in [5.41, 5.74) is 8.02. The van der Waals surface area contributed by atoms with Crippen molar-refractivity contribution in [3.8, 4) is 5.75 Å². The summed E-state index contributed by atoms with van der Waals surface area (Å²) in [5.74, 6) is -3.38. The fourth-order valence-corrected chi connectivity index (χ4v) is 4.31. The van der Waals surface area contributed by atoms with Gasteiger partial charge in [0, 0.05) is 41.4 Å². The molecule has 0 unspecified atom stereocenters. The second-order valence-corrected chi connectivity index (χ2v) is 9.66. The van der Waals surface area contributed by atoms with E-state index in [0.29, 0.717) is 5.56 Å². The van der Waals surface area contributed by atoms with Crippen LogP contribution in [0.2, 0.25) is 0 Å². The van der Waals surface area contributed by atoms with Gasteiger partial charge in [0.1, 0.15) is 23.9 Å². The van der Waals surface area contributed by atoms with Gasteiger partial charge in [0.15, 0.2) is 0 Å². The van der Waals surface area contributed by atoms with Crippen LogP contribution in [0.5, 0.6) is 5.75 Å². The molecule has 0 aliphatic rings. The van der Waals surface area contributed by atoms with E-state index < -0.39 is 47.9 Å². The number of benzene rings is 2. The number of hydrogen-bond acceptors (Lipinski definition) is 8. The normalized spacial score (nSPS) is 14.1. The van der Waals surface area contributed by atoms with E-state index in [-0.39, 0.29) is 30.1 Å². The van der Waals surface area contributed by atoms with Crippen molar-refractivity contribution in [1.82, 2.24) is 20.9 Å². The minimum atomic E-state index is -1.28. The van der Waals surface area contributed by atoms with Crippen molar-refractivity contribution >= 4 is 59.9 Å². The molecule has 2 aromatic carbocycles. The lowest BCUT2D eigenvalue weighted by Gasteiger charge is -2.25. The molecule has 0 fully saturated rings. The minimum Gasteiger partial charge on any atom is -0.508 e. The molecule has 1 aromatic heterocycles. The number of nitrogens with two attached hydrogens (primary N) is 1. The third-order valence-corrected chi connectivity index (χ3v) is 6.83. The van der Waals surface area contributed by atoms with Crippen molar-refractivity contribution in [3.63, 3.8) is 0 Å². The first-order chi connectivity index (χ1) is 18.6. The van der Waals surface area contributed by atoms with E-state index in [1.165, 1.54) is 12.1 Å². The maximum atomic E-state index is 13.6. The van der Waals surface area contributed by atoms with Crippen molar-refractivity contribution in [2.75, 3.05) is 11.5 Å². The largest absolute Gasteiger partial charge is 0.508 e. The summed E-state index contributed by atoms with van der Waals surface area (Å²) >= 11 is 8.03. The fourth-order valence-electron chi connectivity index (χ4n) is 3.90. The molecule has 13 heteroatoms. The maximum Gasteiger partial charge on any atom is 0.327 e. The monoisotopic (exact) mass is 573 g/mol. The van der Waals surface area contributed by atoms with Gasteiger partial charge in [-0.2, -0.15) is 25.3 Å². The summed E-state index contributed by atoms with van der Waals surface area (Å²) < 4.78 is 0. The molecule has 39 heavy (non-hydrogen) atoms. The highest BCUT2D eigenvalue weighted by Crippen LogP contribution is 2.19. The standard InChI is InChI=1S/C26H31N5O6S2/c27-18(12-38)23(33)29-21(10-15-11-28-19-4-2-1-3-17(15)19)25(35)30-20(9-14-5-7-16(32)8-6-14)24(34)31-22(13-39)26(36)37/h1-8,11,18,20-22,28,32,38-39H,9-10,12-13,27H2,(H,29,33)(H,30,35)(H,31,34)(H,36,37)/t18-,20-,21-,22-/m0/s1. The first-order valence-corrected chi connectivity index (χ1v) is 13.3. The van der Waals surface area contributed by atoms with Crippen LogP contribution < -0.4 is 21.7 Å². The third-order valence-electron chi connectivity index (χ3n) is 6.07. The van der Waals surface area contributed by atoms with E-state index in [9.17, 15) is 29.4 Å². The quantitative estimate of drug-likeness (QED) is 0.132. The van der Waals surface area contributed by atoms with Crippen LogP contribution in [0, 0.1) is 0 Å². The Morgan fingerprint density at radius 3 is 2.03 bits per heavy atom. The average molecular weight is 574 g/mol. The molecule has 0 spiro atoms. The van der Waals surface area contributed by atoms with Gasteiger partial charge in [-0.1, -0.05) is 30.3 Å². The number of aromatic nitrogens is 1. The van der Waals surface area contributed by atoms with Gasteiger partial charge in [0.25, 0.3) is 0 Å². The third kappa shape index (κ3) is 8.15. The number of amides is 3. The van der Waals surface area contributed by atoms with Crippen LogP contribution >= 0.6 is 25.3 Å². The topological polar surface area (TPSA) is 187 Å². The van der Waals surface area contributed by atoms with Crippen LogP contribution in [0.3, 0.4) is 0 Å². The smallest absolute Gasteiger partial charge is 0.327 e. The molecule has 0 aliphatic heterocycles. The number of nitrogens with one attached hydrogen (secondary N) is 4.